The number of carbonyl (C=O) groups excluding carboxylic acids is 1. The topological polar surface area (TPSA) is 52.6 Å². The second kappa shape index (κ2) is 8.30. The van der Waals surface area contributed by atoms with Gasteiger partial charge < -0.3 is 10.4 Å². The lowest BCUT2D eigenvalue weighted by atomic mass is 9.97. The lowest BCUT2D eigenvalue weighted by Crippen LogP contribution is -2.34. The van der Waals surface area contributed by atoms with Crippen molar-refractivity contribution in [1.82, 2.24) is 10.2 Å². The van der Waals surface area contributed by atoms with E-state index in [0.29, 0.717) is 25.0 Å². The Hall–Kier alpha value is -1.39. The largest absolute Gasteiger partial charge is 0.396 e. The Morgan fingerprint density at radius 3 is 2.73 bits per heavy atom. The molecule has 0 saturated carbocycles. The third kappa shape index (κ3) is 5.11. The van der Waals surface area contributed by atoms with Crippen LogP contribution in [-0.2, 0) is 6.54 Å². The number of piperidine rings is 1. The van der Waals surface area contributed by atoms with Crippen LogP contribution in [0.4, 0.5) is 0 Å². The maximum Gasteiger partial charge on any atom is 0.251 e. The molecule has 1 fully saturated rings. The molecule has 1 aliphatic rings. The van der Waals surface area contributed by atoms with Crippen molar-refractivity contribution in [2.75, 3.05) is 26.2 Å². The van der Waals surface area contributed by atoms with Crippen molar-refractivity contribution in [3.8, 4) is 0 Å². The number of amides is 1. The fourth-order valence-electron chi connectivity index (χ4n) is 2.80. The number of carbonyl (C=O) groups is 1. The highest BCUT2D eigenvalue weighted by molar-refractivity contribution is 5.94. The van der Waals surface area contributed by atoms with Crippen LogP contribution in [0, 0.1) is 11.8 Å². The Morgan fingerprint density at radius 2 is 2.09 bits per heavy atom. The fraction of sp³-hybridized carbons (Fsp3) is 0.611. The van der Waals surface area contributed by atoms with E-state index >= 15 is 0 Å². The molecule has 1 aliphatic heterocycles. The summed E-state index contributed by atoms with van der Waals surface area (Å²) in [6.45, 7) is 8.12. The van der Waals surface area contributed by atoms with Gasteiger partial charge in [-0.05, 0) is 55.5 Å². The molecule has 0 radical (unpaired) electrons. The molecule has 0 unspecified atom stereocenters. The molecule has 0 aliphatic carbocycles. The summed E-state index contributed by atoms with van der Waals surface area (Å²) in [5.41, 5.74) is 1.92. The number of nitrogens with zero attached hydrogens (tertiary/aromatic N) is 1. The molecule has 2 rings (SSSR count). The second-order valence-electron chi connectivity index (χ2n) is 6.71. The highest BCUT2D eigenvalue weighted by atomic mass is 16.3. The first-order chi connectivity index (χ1) is 10.6. The molecule has 1 amide bonds. The van der Waals surface area contributed by atoms with E-state index in [4.69, 9.17) is 0 Å². The minimum Gasteiger partial charge on any atom is -0.396 e. The molecule has 1 saturated heterocycles. The first-order valence-corrected chi connectivity index (χ1v) is 8.29. The van der Waals surface area contributed by atoms with Crippen LogP contribution in [0.1, 0.15) is 42.6 Å². The van der Waals surface area contributed by atoms with E-state index in [1.165, 1.54) is 5.56 Å². The Labute approximate surface area is 133 Å². The molecule has 1 aromatic carbocycles. The number of nitrogens with one attached hydrogen (secondary N) is 1. The van der Waals surface area contributed by atoms with Crippen molar-refractivity contribution in [1.29, 1.82) is 0 Å². The summed E-state index contributed by atoms with van der Waals surface area (Å²) in [5, 5.41) is 12.2. The van der Waals surface area contributed by atoms with Crippen molar-refractivity contribution in [3.63, 3.8) is 0 Å². The number of rotatable bonds is 6. The van der Waals surface area contributed by atoms with Crippen molar-refractivity contribution in [3.05, 3.63) is 35.4 Å². The number of hydrogen-bond acceptors (Lipinski definition) is 3. The summed E-state index contributed by atoms with van der Waals surface area (Å²) in [6, 6.07) is 7.91. The van der Waals surface area contributed by atoms with Crippen molar-refractivity contribution < 1.29 is 9.90 Å². The number of benzene rings is 1. The zero-order valence-electron chi connectivity index (χ0n) is 13.7. The molecule has 122 valence electrons. The standard InChI is InChI=1S/C18H28N2O2/c1-14(2)11-19-18(22)17-5-3-4-16(10-17)12-20-8-6-15(13-21)7-9-20/h3-5,10,14-15,21H,6-9,11-13H2,1-2H3,(H,19,22). The first kappa shape index (κ1) is 17.0. The summed E-state index contributed by atoms with van der Waals surface area (Å²) in [7, 11) is 0. The molecule has 4 heteroatoms. The van der Waals surface area contributed by atoms with Crippen LogP contribution in [0.15, 0.2) is 24.3 Å². The molecular weight excluding hydrogens is 276 g/mol. The number of likely N-dealkylation sites (tertiary alicyclic amines) is 1. The minimum atomic E-state index is 0.00883. The van der Waals surface area contributed by atoms with Gasteiger partial charge in [-0.3, -0.25) is 9.69 Å². The normalized spacial score (nSPS) is 16.9. The summed E-state index contributed by atoms with van der Waals surface area (Å²) >= 11 is 0. The van der Waals surface area contributed by atoms with Gasteiger partial charge in [0.1, 0.15) is 0 Å². The van der Waals surface area contributed by atoms with Crippen LogP contribution in [0.5, 0.6) is 0 Å². The maximum atomic E-state index is 12.1. The van der Waals surface area contributed by atoms with Crippen LogP contribution in [-0.4, -0.2) is 42.2 Å². The molecule has 4 nitrogen and oxygen atoms in total. The van der Waals surface area contributed by atoms with Gasteiger partial charge in [0, 0.05) is 25.3 Å². The van der Waals surface area contributed by atoms with Gasteiger partial charge in [0.25, 0.3) is 5.91 Å². The van der Waals surface area contributed by atoms with E-state index in [1.807, 2.05) is 18.2 Å². The number of aliphatic hydroxyl groups is 1. The van der Waals surface area contributed by atoms with Crippen LogP contribution >= 0.6 is 0 Å². The van der Waals surface area contributed by atoms with Crippen molar-refractivity contribution in [2.24, 2.45) is 11.8 Å². The SMILES string of the molecule is CC(C)CNC(=O)c1cccc(CN2CCC(CO)CC2)c1. The molecule has 0 bridgehead atoms. The third-order valence-electron chi connectivity index (χ3n) is 4.23. The molecule has 0 atom stereocenters. The van der Waals surface area contributed by atoms with E-state index < -0.39 is 0 Å². The van der Waals surface area contributed by atoms with Gasteiger partial charge in [-0.15, -0.1) is 0 Å². The Morgan fingerprint density at radius 1 is 1.36 bits per heavy atom. The van der Waals surface area contributed by atoms with Crippen LogP contribution < -0.4 is 5.32 Å². The Balaban J connectivity index is 1.90. The predicted octanol–water partition coefficient (Wildman–Crippen LogP) is 2.28. The monoisotopic (exact) mass is 304 g/mol. The average Bonchev–Trinajstić information content (AvgIpc) is 2.53. The van der Waals surface area contributed by atoms with E-state index in [1.54, 1.807) is 0 Å². The van der Waals surface area contributed by atoms with Gasteiger partial charge in [0.05, 0.1) is 0 Å². The van der Waals surface area contributed by atoms with E-state index in [-0.39, 0.29) is 5.91 Å². The highest BCUT2D eigenvalue weighted by Crippen LogP contribution is 2.18. The maximum absolute atomic E-state index is 12.1. The van der Waals surface area contributed by atoms with Crippen LogP contribution in [0.2, 0.25) is 0 Å². The predicted molar refractivity (Wildman–Crippen MR) is 88.7 cm³/mol. The number of aliphatic hydroxyl groups excluding tert-OH is 1. The van der Waals surface area contributed by atoms with E-state index in [2.05, 4.69) is 30.1 Å². The quantitative estimate of drug-likeness (QED) is 0.848. The lowest BCUT2D eigenvalue weighted by molar-refractivity contribution is 0.0948. The Kier molecular flexibility index (Phi) is 6.40. The summed E-state index contributed by atoms with van der Waals surface area (Å²) in [6.07, 6.45) is 2.12. The molecule has 22 heavy (non-hydrogen) atoms. The van der Waals surface area contributed by atoms with Gasteiger partial charge in [-0.25, -0.2) is 0 Å². The van der Waals surface area contributed by atoms with Gasteiger partial charge >= 0.3 is 0 Å². The molecule has 1 aromatic rings. The van der Waals surface area contributed by atoms with Gasteiger partial charge in [0.2, 0.25) is 0 Å². The average molecular weight is 304 g/mol. The summed E-state index contributed by atoms with van der Waals surface area (Å²) in [5.74, 6) is 0.930. The first-order valence-electron chi connectivity index (χ1n) is 8.29. The lowest BCUT2D eigenvalue weighted by Gasteiger charge is -2.31. The smallest absolute Gasteiger partial charge is 0.251 e. The fourth-order valence-corrected chi connectivity index (χ4v) is 2.80. The van der Waals surface area contributed by atoms with Crippen LogP contribution in [0.25, 0.3) is 0 Å². The third-order valence-corrected chi connectivity index (χ3v) is 4.23. The summed E-state index contributed by atoms with van der Waals surface area (Å²) < 4.78 is 0. The highest BCUT2D eigenvalue weighted by Gasteiger charge is 2.18. The van der Waals surface area contributed by atoms with Gasteiger partial charge in [-0.1, -0.05) is 26.0 Å². The minimum absolute atomic E-state index is 0.00883. The van der Waals surface area contributed by atoms with Gasteiger partial charge in [0.15, 0.2) is 0 Å². The van der Waals surface area contributed by atoms with Crippen molar-refractivity contribution in [2.45, 2.75) is 33.2 Å². The second-order valence-corrected chi connectivity index (χ2v) is 6.71. The van der Waals surface area contributed by atoms with E-state index in [9.17, 15) is 9.90 Å². The molecule has 1 heterocycles. The number of hydrogen-bond donors (Lipinski definition) is 2. The van der Waals surface area contributed by atoms with Crippen molar-refractivity contribution >= 4 is 5.91 Å². The molecular formula is C18H28N2O2. The van der Waals surface area contributed by atoms with E-state index in [0.717, 1.165) is 38.0 Å². The Bertz CT molecular complexity index is 480. The zero-order chi connectivity index (χ0) is 15.9. The van der Waals surface area contributed by atoms with Crippen LogP contribution in [0.3, 0.4) is 0 Å². The summed E-state index contributed by atoms with van der Waals surface area (Å²) in [4.78, 5) is 14.5. The molecule has 0 aromatic heterocycles. The zero-order valence-corrected chi connectivity index (χ0v) is 13.7. The molecule has 2 N–H and O–H groups in total. The van der Waals surface area contributed by atoms with Gasteiger partial charge in [-0.2, -0.15) is 0 Å². The molecule has 0 spiro atoms.